The van der Waals surface area contributed by atoms with Crippen LogP contribution in [0.1, 0.15) is 30.0 Å². The molecule has 0 unspecified atom stereocenters. The van der Waals surface area contributed by atoms with Crippen LogP contribution >= 0.6 is 0 Å². The fraction of sp³-hybridized carbons (Fsp3) is 0.316. The van der Waals surface area contributed by atoms with Gasteiger partial charge in [0.1, 0.15) is 24.2 Å². The number of nitrogens with zero attached hydrogens (tertiary/aromatic N) is 1. The van der Waals surface area contributed by atoms with E-state index in [4.69, 9.17) is 14.8 Å². The summed E-state index contributed by atoms with van der Waals surface area (Å²) in [5.74, 6) is -0.445. The van der Waals surface area contributed by atoms with E-state index >= 15 is 0 Å². The molecule has 3 rings (SSSR count). The quantitative estimate of drug-likeness (QED) is 0.755. The highest BCUT2D eigenvalue weighted by Gasteiger charge is 2.40. The number of primary amides is 1. The van der Waals surface area contributed by atoms with E-state index < -0.39 is 28.1 Å². The molecule has 1 heterocycles. The fourth-order valence-electron chi connectivity index (χ4n) is 3.19. The average molecular weight is 408 g/mol. The van der Waals surface area contributed by atoms with E-state index in [2.05, 4.69) is 0 Å². The Bertz CT molecular complexity index is 949. The van der Waals surface area contributed by atoms with E-state index in [0.717, 1.165) is 16.9 Å². The first-order chi connectivity index (χ1) is 13.2. The number of carbonyl (C=O) groups is 1. The van der Waals surface area contributed by atoms with E-state index in [0.29, 0.717) is 24.2 Å². The summed E-state index contributed by atoms with van der Waals surface area (Å²) >= 11 is 0. The zero-order valence-corrected chi connectivity index (χ0v) is 16.1. The summed E-state index contributed by atoms with van der Waals surface area (Å²) in [6.45, 7) is 0.0858. The van der Waals surface area contributed by atoms with Gasteiger partial charge in [0.25, 0.3) is 10.1 Å². The lowest BCUT2D eigenvalue weighted by Gasteiger charge is -2.26. The van der Waals surface area contributed by atoms with Crippen LogP contribution in [0, 0.1) is 5.82 Å². The van der Waals surface area contributed by atoms with Crippen LogP contribution in [0.3, 0.4) is 0 Å². The van der Waals surface area contributed by atoms with Crippen molar-refractivity contribution in [2.24, 2.45) is 5.73 Å². The third-order valence-corrected chi connectivity index (χ3v) is 4.94. The third kappa shape index (κ3) is 4.86. The second-order valence-corrected chi connectivity index (χ2v) is 8.16. The van der Waals surface area contributed by atoms with Gasteiger partial charge in [0.2, 0.25) is 5.91 Å². The maximum Gasteiger partial charge on any atom is 0.280 e. The summed E-state index contributed by atoms with van der Waals surface area (Å²) in [6, 6.07) is 12.0. The summed E-state index contributed by atoms with van der Waals surface area (Å²) in [5, 5.41) is 1.15. The SMILES string of the molecule is CS(=O)(=O)ON1[C@@H](c2ccc(OCc3ccccc3F)cc2)CC[C@H]1C(N)=O. The maximum atomic E-state index is 13.7. The van der Waals surface area contributed by atoms with Gasteiger partial charge in [-0.1, -0.05) is 30.3 Å². The van der Waals surface area contributed by atoms with Crippen molar-refractivity contribution in [1.29, 1.82) is 0 Å². The summed E-state index contributed by atoms with van der Waals surface area (Å²) in [6.07, 6.45) is 1.82. The van der Waals surface area contributed by atoms with E-state index in [1.165, 1.54) is 6.07 Å². The molecule has 1 aliphatic rings. The van der Waals surface area contributed by atoms with Crippen LogP contribution in [0.5, 0.6) is 5.75 Å². The second-order valence-electron chi connectivity index (χ2n) is 6.60. The smallest absolute Gasteiger partial charge is 0.280 e. The van der Waals surface area contributed by atoms with Crippen molar-refractivity contribution in [3.05, 3.63) is 65.5 Å². The normalized spacial score (nSPS) is 20.2. The minimum absolute atomic E-state index is 0.0858. The summed E-state index contributed by atoms with van der Waals surface area (Å²) in [5.41, 5.74) is 6.57. The largest absolute Gasteiger partial charge is 0.489 e. The first kappa shape index (κ1) is 20.2. The van der Waals surface area contributed by atoms with Gasteiger partial charge in [-0.3, -0.25) is 4.79 Å². The van der Waals surface area contributed by atoms with Gasteiger partial charge in [0.05, 0.1) is 12.3 Å². The Balaban J connectivity index is 1.72. The van der Waals surface area contributed by atoms with Gasteiger partial charge < -0.3 is 10.5 Å². The van der Waals surface area contributed by atoms with E-state index in [1.54, 1.807) is 42.5 Å². The highest BCUT2D eigenvalue weighted by molar-refractivity contribution is 7.85. The molecule has 1 fully saturated rings. The fourth-order valence-corrected chi connectivity index (χ4v) is 3.71. The number of halogens is 1. The Morgan fingerprint density at radius 3 is 2.46 bits per heavy atom. The Morgan fingerprint density at radius 1 is 1.18 bits per heavy atom. The Hall–Kier alpha value is -2.49. The molecule has 9 heteroatoms. The van der Waals surface area contributed by atoms with Gasteiger partial charge in [0.15, 0.2) is 0 Å². The highest BCUT2D eigenvalue weighted by atomic mass is 32.2. The van der Waals surface area contributed by atoms with Crippen LogP contribution < -0.4 is 10.5 Å². The van der Waals surface area contributed by atoms with Crippen LogP contribution in [-0.2, 0) is 25.8 Å². The average Bonchev–Trinajstić information content (AvgIpc) is 3.03. The Morgan fingerprint density at radius 2 is 1.86 bits per heavy atom. The number of rotatable bonds is 7. The molecule has 0 aliphatic carbocycles. The van der Waals surface area contributed by atoms with Crippen molar-refractivity contribution in [2.45, 2.75) is 31.5 Å². The maximum absolute atomic E-state index is 13.7. The van der Waals surface area contributed by atoms with Crippen molar-refractivity contribution >= 4 is 16.0 Å². The van der Waals surface area contributed by atoms with E-state index in [9.17, 15) is 17.6 Å². The number of nitrogens with two attached hydrogens (primary N) is 1. The molecule has 0 spiro atoms. The zero-order chi connectivity index (χ0) is 20.3. The molecule has 0 bridgehead atoms. The standard InChI is InChI=1S/C19H21FN2O5S/c1-28(24,25)27-22-17(10-11-18(22)19(21)23)13-6-8-15(9-7-13)26-12-14-4-2-3-5-16(14)20/h2-9,17-18H,10-12H2,1H3,(H2,21,23)/t17-,18+/m1/s1. The second kappa shape index (κ2) is 8.26. The topological polar surface area (TPSA) is 98.9 Å². The van der Waals surface area contributed by atoms with E-state index in [1.807, 2.05) is 0 Å². The number of benzene rings is 2. The number of ether oxygens (including phenoxy) is 1. The molecule has 2 N–H and O–H groups in total. The van der Waals surface area contributed by atoms with Crippen molar-refractivity contribution in [1.82, 2.24) is 5.06 Å². The van der Waals surface area contributed by atoms with Crippen molar-refractivity contribution in [3.63, 3.8) is 0 Å². The van der Waals surface area contributed by atoms with Gasteiger partial charge in [0, 0.05) is 5.56 Å². The molecule has 2 aromatic rings. The molecular weight excluding hydrogens is 387 g/mol. The molecule has 2 aromatic carbocycles. The molecular formula is C19H21FN2O5S. The molecule has 0 aromatic heterocycles. The van der Waals surface area contributed by atoms with Gasteiger partial charge in [-0.15, -0.1) is 0 Å². The predicted octanol–water partition coefficient (Wildman–Crippen LogP) is 2.29. The molecule has 7 nitrogen and oxygen atoms in total. The Labute approximate surface area is 162 Å². The first-order valence-corrected chi connectivity index (χ1v) is 10.5. The van der Waals surface area contributed by atoms with Crippen LogP contribution in [0.25, 0.3) is 0 Å². The van der Waals surface area contributed by atoms with Crippen molar-refractivity contribution < 1.29 is 26.6 Å². The van der Waals surface area contributed by atoms with Gasteiger partial charge in [-0.25, -0.2) is 4.39 Å². The number of hydrogen-bond donors (Lipinski definition) is 1. The van der Waals surface area contributed by atoms with E-state index in [-0.39, 0.29) is 12.4 Å². The number of amides is 1. The first-order valence-electron chi connectivity index (χ1n) is 8.68. The molecule has 28 heavy (non-hydrogen) atoms. The van der Waals surface area contributed by atoms with Gasteiger partial charge in [-0.05, 0) is 36.6 Å². The molecule has 1 amide bonds. The highest BCUT2D eigenvalue weighted by Crippen LogP contribution is 2.37. The predicted molar refractivity (Wildman–Crippen MR) is 99.9 cm³/mol. The zero-order valence-electron chi connectivity index (χ0n) is 15.2. The lowest BCUT2D eigenvalue weighted by atomic mass is 10.1. The number of carbonyl (C=O) groups excluding carboxylic acids is 1. The Kier molecular flexibility index (Phi) is 5.97. The summed E-state index contributed by atoms with van der Waals surface area (Å²) in [7, 11) is -3.81. The monoisotopic (exact) mass is 408 g/mol. The minimum atomic E-state index is -3.81. The molecule has 150 valence electrons. The number of hydroxylamine groups is 2. The van der Waals surface area contributed by atoms with Gasteiger partial charge >= 0.3 is 0 Å². The summed E-state index contributed by atoms with van der Waals surface area (Å²) < 4.78 is 47.4. The molecule has 0 saturated carbocycles. The molecule has 1 saturated heterocycles. The molecule has 0 radical (unpaired) electrons. The lowest BCUT2D eigenvalue weighted by molar-refractivity contribution is -0.140. The third-order valence-electron chi connectivity index (χ3n) is 4.49. The van der Waals surface area contributed by atoms with Crippen LogP contribution in [0.15, 0.2) is 48.5 Å². The van der Waals surface area contributed by atoms with Crippen LogP contribution in [-0.4, -0.2) is 31.7 Å². The summed E-state index contributed by atoms with van der Waals surface area (Å²) in [4.78, 5) is 11.6. The minimum Gasteiger partial charge on any atom is -0.489 e. The van der Waals surface area contributed by atoms with Crippen LogP contribution in [0.2, 0.25) is 0 Å². The van der Waals surface area contributed by atoms with Crippen molar-refractivity contribution in [3.8, 4) is 5.75 Å². The lowest BCUT2D eigenvalue weighted by Crippen LogP contribution is -2.42. The molecule has 2 atom stereocenters. The number of hydrogen-bond acceptors (Lipinski definition) is 6. The van der Waals surface area contributed by atoms with Crippen LogP contribution in [0.4, 0.5) is 4.39 Å². The molecule has 1 aliphatic heterocycles. The van der Waals surface area contributed by atoms with Gasteiger partial charge in [-0.2, -0.15) is 17.8 Å². The van der Waals surface area contributed by atoms with Crippen molar-refractivity contribution in [2.75, 3.05) is 6.26 Å².